The van der Waals surface area contributed by atoms with Crippen LogP contribution in [0.2, 0.25) is 0 Å². The first-order chi connectivity index (χ1) is 14.7. The Labute approximate surface area is 182 Å². The lowest BCUT2D eigenvalue weighted by Gasteiger charge is -2.28. The summed E-state index contributed by atoms with van der Waals surface area (Å²) in [4.78, 5) is 14.8. The topological polar surface area (TPSA) is 125 Å². The Bertz CT molecular complexity index is 924. The summed E-state index contributed by atoms with van der Waals surface area (Å²) in [6, 6.07) is 13.0. The first kappa shape index (κ1) is 24.1. The first-order valence-corrected chi connectivity index (χ1v) is 10.0. The van der Waals surface area contributed by atoms with Crippen LogP contribution in [0, 0.1) is 11.3 Å². The summed E-state index contributed by atoms with van der Waals surface area (Å²) in [6.45, 7) is 4.37. The average Bonchev–Trinajstić information content (AvgIpc) is 2.75. The van der Waals surface area contributed by atoms with Crippen LogP contribution < -0.4 is 14.8 Å². The van der Waals surface area contributed by atoms with Crippen LogP contribution in [0.5, 0.6) is 11.5 Å². The van der Waals surface area contributed by atoms with Crippen LogP contribution >= 0.6 is 0 Å². The fourth-order valence-electron chi connectivity index (χ4n) is 3.08. The highest BCUT2D eigenvalue weighted by atomic mass is 16.5. The number of benzene rings is 1. The second-order valence-corrected chi connectivity index (χ2v) is 7.87. The number of methoxy groups -OCH3 is 1. The van der Waals surface area contributed by atoms with E-state index in [1.54, 1.807) is 19.2 Å². The van der Waals surface area contributed by atoms with E-state index in [1.807, 2.05) is 44.2 Å². The molecule has 0 amide bonds. The number of carbonyl (C=O) groups is 1. The Morgan fingerprint density at radius 3 is 2.68 bits per heavy atom. The quantitative estimate of drug-likeness (QED) is 0.471. The summed E-state index contributed by atoms with van der Waals surface area (Å²) in [5, 5.41) is 31.7. The van der Waals surface area contributed by atoms with Crippen molar-refractivity contribution in [1.29, 1.82) is 5.26 Å². The molecule has 0 bridgehead atoms. The maximum Gasteiger partial charge on any atom is 0.303 e. The number of β-amino-alcohol motifs (C(OH)–C–C–N with tert-alkyl or cyclic N) is 1. The number of hydrogen-bond donors (Lipinski definition) is 3. The summed E-state index contributed by atoms with van der Waals surface area (Å²) in [5.41, 5.74) is 1.35. The van der Waals surface area contributed by atoms with Crippen molar-refractivity contribution >= 4 is 5.97 Å². The zero-order valence-electron chi connectivity index (χ0n) is 18.1. The summed E-state index contributed by atoms with van der Waals surface area (Å²) in [7, 11) is 1.64. The molecule has 1 aromatic heterocycles. The third kappa shape index (κ3) is 7.89. The summed E-state index contributed by atoms with van der Waals surface area (Å²) in [5.74, 6) is 0.156. The number of nitrogens with zero attached hydrogens (tertiary/aromatic N) is 2. The molecule has 0 aliphatic heterocycles. The van der Waals surface area contributed by atoms with Crippen molar-refractivity contribution in [3.05, 3.63) is 53.3 Å². The van der Waals surface area contributed by atoms with Gasteiger partial charge < -0.3 is 25.0 Å². The Morgan fingerprint density at radius 1 is 1.26 bits per heavy atom. The van der Waals surface area contributed by atoms with Gasteiger partial charge in [-0.25, -0.2) is 4.98 Å². The molecule has 166 valence electrons. The van der Waals surface area contributed by atoms with Crippen molar-refractivity contribution in [2.24, 2.45) is 0 Å². The Balaban J connectivity index is 1.87. The first-order valence-electron chi connectivity index (χ1n) is 10.0. The van der Waals surface area contributed by atoms with Crippen LogP contribution in [0.15, 0.2) is 36.4 Å². The molecule has 8 nitrogen and oxygen atoms in total. The maximum atomic E-state index is 10.7. The van der Waals surface area contributed by atoms with Gasteiger partial charge in [0.15, 0.2) is 11.4 Å². The molecule has 0 aliphatic carbocycles. The molecule has 0 aliphatic rings. The fourth-order valence-corrected chi connectivity index (χ4v) is 3.08. The van der Waals surface area contributed by atoms with Crippen molar-refractivity contribution < 1.29 is 24.5 Å². The van der Waals surface area contributed by atoms with Gasteiger partial charge >= 0.3 is 5.97 Å². The SMILES string of the molecule is COc1ccccc1CC(C)(C)NC[C@@H](O)COc1ccc(CCC(=O)O)nc1C#N. The third-order valence-corrected chi connectivity index (χ3v) is 4.69. The number of aryl methyl sites for hydroxylation is 1. The minimum atomic E-state index is -0.926. The molecule has 0 unspecified atom stereocenters. The van der Waals surface area contributed by atoms with Crippen molar-refractivity contribution in [1.82, 2.24) is 10.3 Å². The van der Waals surface area contributed by atoms with E-state index in [-0.39, 0.29) is 36.4 Å². The molecule has 3 N–H and O–H groups in total. The minimum Gasteiger partial charge on any atom is -0.496 e. The molecule has 8 heteroatoms. The van der Waals surface area contributed by atoms with Gasteiger partial charge in [0, 0.05) is 24.2 Å². The van der Waals surface area contributed by atoms with Gasteiger partial charge in [0.25, 0.3) is 0 Å². The van der Waals surface area contributed by atoms with Crippen molar-refractivity contribution in [2.45, 2.75) is 44.8 Å². The Morgan fingerprint density at radius 2 is 2.00 bits per heavy atom. The summed E-state index contributed by atoms with van der Waals surface area (Å²) in [6.07, 6.45) is 0.0889. The number of para-hydroxylation sites is 1. The molecule has 0 saturated heterocycles. The van der Waals surface area contributed by atoms with Crippen LogP contribution in [-0.2, 0) is 17.6 Å². The fraction of sp³-hybridized carbons (Fsp3) is 0.435. The molecule has 0 spiro atoms. The number of pyridine rings is 1. The van der Waals surface area contributed by atoms with Crippen LogP contribution in [0.4, 0.5) is 0 Å². The molecule has 0 saturated carbocycles. The van der Waals surface area contributed by atoms with Crippen LogP contribution in [0.1, 0.15) is 37.2 Å². The van der Waals surface area contributed by atoms with Crippen molar-refractivity contribution in [2.75, 3.05) is 20.3 Å². The molecule has 1 aromatic carbocycles. The number of aliphatic carboxylic acids is 1. The molecule has 31 heavy (non-hydrogen) atoms. The molecular formula is C23H29N3O5. The van der Waals surface area contributed by atoms with Crippen LogP contribution in [0.3, 0.4) is 0 Å². The number of aromatic nitrogens is 1. The summed E-state index contributed by atoms with van der Waals surface area (Å²) < 4.78 is 11.0. The Hall–Kier alpha value is -3.15. The largest absolute Gasteiger partial charge is 0.496 e. The predicted molar refractivity (Wildman–Crippen MR) is 115 cm³/mol. The molecule has 1 heterocycles. The number of hydrogen-bond acceptors (Lipinski definition) is 7. The van der Waals surface area contributed by atoms with Gasteiger partial charge in [-0.1, -0.05) is 18.2 Å². The van der Waals surface area contributed by atoms with Crippen molar-refractivity contribution in [3.8, 4) is 17.6 Å². The van der Waals surface area contributed by atoms with E-state index >= 15 is 0 Å². The van der Waals surface area contributed by atoms with E-state index in [0.717, 1.165) is 11.3 Å². The van der Waals surface area contributed by atoms with E-state index < -0.39 is 12.1 Å². The van der Waals surface area contributed by atoms with E-state index in [4.69, 9.17) is 14.6 Å². The van der Waals surface area contributed by atoms with Gasteiger partial charge in [0.1, 0.15) is 24.5 Å². The van der Waals surface area contributed by atoms with Gasteiger partial charge in [0.05, 0.1) is 13.5 Å². The maximum absolute atomic E-state index is 10.7. The molecule has 2 rings (SSSR count). The smallest absolute Gasteiger partial charge is 0.303 e. The zero-order chi connectivity index (χ0) is 22.9. The Kier molecular flexibility index (Phi) is 8.79. The van der Waals surface area contributed by atoms with Gasteiger partial charge in [-0.15, -0.1) is 0 Å². The number of carboxylic acids is 1. The van der Waals surface area contributed by atoms with Gasteiger partial charge in [-0.3, -0.25) is 4.79 Å². The molecule has 0 radical (unpaired) electrons. The highest BCUT2D eigenvalue weighted by Gasteiger charge is 2.21. The number of nitriles is 1. The summed E-state index contributed by atoms with van der Waals surface area (Å²) >= 11 is 0. The van der Waals surface area contributed by atoms with E-state index in [0.29, 0.717) is 18.7 Å². The second-order valence-electron chi connectivity index (χ2n) is 7.87. The van der Waals surface area contributed by atoms with Crippen LogP contribution in [0.25, 0.3) is 0 Å². The number of aliphatic hydroxyl groups excluding tert-OH is 1. The third-order valence-electron chi connectivity index (χ3n) is 4.69. The number of rotatable bonds is 12. The van der Waals surface area contributed by atoms with Crippen LogP contribution in [-0.4, -0.2) is 53.1 Å². The predicted octanol–water partition coefficient (Wildman–Crippen LogP) is 2.33. The lowest BCUT2D eigenvalue weighted by Crippen LogP contribution is -2.46. The zero-order valence-corrected chi connectivity index (χ0v) is 18.1. The highest BCUT2D eigenvalue weighted by molar-refractivity contribution is 5.67. The lowest BCUT2D eigenvalue weighted by molar-refractivity contribution is -0.136. The van der Waals surface area contributed by atoms with E-state index in [2.05, 4.69) is 10.3 Å². The lowest BCUT2D eigenvalue weighted by atomic mass is 9.94. The van der Waals surface area contributed by atoms with Gasteiger partial charge in [-0.05, 0) is 44.0 Å². The molecule has 2 aromatic rings. The van der Waals surface area contributed by atoms with Crippen molar-refractivity contribution in [3.63, 3.8) is 0 Å². The monoisotopic (exact) mass is 427 g/mol. The average molecular weight is 428 g/mol. The number of carboxylic acid groups (broad SMARTS) is 1. The van der Waals surface area contributed by atoms with Gasteiger partial charge in [0.2, 0.25) is 0 Å². The second kappa shape index (κ2) is 11.3. The molecule has 0 fully saturated rings. The number of nitrogens with one attached hydrogen (secondary N) is 1. The minimum absolute atomic E-state index is 0.0113. The normalized spacial score (nSPS) is 12.1. The highest BCUT2D eigenvalue weighted by Crippen LogP contribution is 2.23. The standard InChI is InChI=1S/C23H29N3O5/c1-23(2,12-16-6-4-5-7-20(16)30-3)25-14-18(27)15-31-21-10-8-17(9-11-22(28)29)26-19(21)13-24/h4-8,10,18,25,27H,9,11-12,14-15H2,1-3H3,(H,28,29)/t18-/m1/s1. The number of aliphatic hydroxyl groups is 1. The van der Waals surface area contributed by atoms with Gasteiger partial charge in [-0.2, -0.15) is 5.26 Å². The van der Waals surface area contributed by atoms with E-state index in [1.165, 1.54) is 0 Å². The van der Waals surface area contributed by atoms with E-state index in [9.17, 15) is 15.2 Å². The number of ether oxygens (including phenoxy) is 2. The molecular weight excluding hydrogens is 398 g/mol. The molecule has 1 atom stereocenters.